The van der Waals surface area contributed by atoms with Gasteiger partial charge in [0.25, 0.3) is 0 Å². The van der Waals surface area contributed by atoms with E-state index in [1.807, 2.05) is 25.1 Å². The second-order valence-corrected chi connectivity index (χ2v) is 5.85. The van der Waals surface area contributed by atoms with E-state index in [1.165, 1.54) is 18.3 Å². The fraction of sp³-hybridized carbons (Fsp3) is 0.167. The van der Waals surface area contributed by atoms with E-state index in [0.717, 1.165) is 5.56 Å². The van der Waals surface area contributed by atoms with Gasteiger partial charge in [0.2, 0.25) is 11.8 Å². The van der Waals surface area contributed by atoms with E-state index in [2.05, 4.69) is 15.8 Å². The molecule has 0 saturated carbocycles. The van der Waals surface area contributed by atoms with Crippen LogP contribution in [0.15, 0.2) is 47.6 Å². The van der Waals surface area contributed by atoms with Crippen LogP contribution < -0.4 is 10.7 Å². The predicted molar refractivity (Wildman–Crippen MR) is 97.9 cm³/mol. The Morgan fingerprint density at radius 1 is 1.16 bits per heavy atom. The van der Waals surface area contributed by atoms with Crippen LogP contribution in [0.5, 0.6) is 5.75 Å². The van der Waals surface area contributed by atoms with Crippen molar-refractivity contribution in [1.82, 2.24) is 5.43 Å². The summed E-state index contributed by atoms with van der Waals surface area (Å²) < 4.78 is 0. The van der Waals surface area contributed by atoms with Crippen molar-refractivity contribution < 1.29 is 14.7 Å². The van der Waals surface area contributed by atoms with E-state index in [9.17, 15) is 14.7 Å². The van der Waals surface area contributed by atoms with E-state index in [-0.39, 0.29) is 24.5 Å². The zero-order valence-electron chi connectivity index (χ0n) is 13.6. The molecule has 2 rings (SSSR count). The molecule has 0 aliphatic rings. The molecule has 25 heavy (non-hydrogen) atoms. The highest BCUT2D eigenvalue weighted by Crippen LogP contribution is 2.19. The molecule has 0 saturated heterocycles. The first-order valence-electron chi connectivity index (χ1n) is 7.61. The van der Waals surface area contributed by atoms with Gasteiger partial charge in [-0.15, -0.1) is 0 Å². The molecule has 2 amide bonds. The number of aryl methyl sites for hydroxylation is 1. The lowest BCUT2D eigenvalue weighted by Gasteiger charge is -2.05. The molecule has 2 aromatic carbocycles. The molecular weight excluding hydrogens is 342 g/mol. The van der Waals surface area contributed by atoms with Gasteiger partial charge in [0.05, 0.1) is 6.21 Å². The maximum Gasteiger partial charge on any atom is 0.240 e. The summed E-state index contributed by atoms with van der Waals surface area (Å²) in [5, 5.41) is 16.5. The summed E-state index contributed by atoms with van der Waals surface area (Å²) in [5.74, 6) is -0.658. The number of carbonyl (C=O) groups excluding carboxylic acids is 2. The predicted octanol–water partition coefficient (Wildman–Crippen LogP) is 3.22. The third kappa shape index (κ3) is 6.27. The normalized spacial score (nSPS) is 10.6. The summed E-state index contributed by atoms with van der Waals surface area (Å²) in [6, 6.07) is 11.9. The quantitative estimate of drug-likeness (QED) is 0.546. The van der Waals surface area contributed by atoms with Gasteiger partial charge < -0.3 is 10.4 Å². The topological polar surface area (TPSA) is 90.8 Å². The van der Waals surface area contributed by atoms with Crippen LogP contribution in [0.1, 0.15) is 24.0 Å². The van der Waals surface area contributed by atoms with Crippen molar-refractivity contribution in [3.63, 3.8) is 0 Å². The van der Waals surface area contributed by atoms with Crippen LogP contribution in [0, 0.1) is 6.92 Å². The Morgan fingerprint density at radius 3 is 2.68 bits per heavy atom. The van der Waals surface area contributed by atoms with Crippen molar-refractivity contribution in [3.8, 4) is 5.75 Å². The number of phenolic OH excluding ortho intramolecular Hbond substituents is 1. The largest absolute Gasteiger partial charge is 0.507 e. The van der Waals surface area contributed by atoms with Crippen LogP contribution in [0.4, 0.5) is 5.69 Å². The minimum absolute atomic E-state index is 0.0000636. The number of aromatic hydroxyl groups is 1. The van der Waals surface area contributed by atoms with E-state index < -0.39 is 5.91 Å². The molecule has 0 atom stereocenters. The van der Waals surface area contributed by atoms with Crippen LogP contribution in [-0.4, -0.2) is 23.1 Å². The Morgan fingerprint density at radius 2 is 1.92 bits per heavy atom. The molecule has 0 fully saturated rings. The Bertz CT molecular complexity index is 806. The summed E-state index contributed by atoms with van der Waals surface area (Å²) in [7, 11) is 0. The zero-order chi connectivity index (χ0) is 18.2. The van der Waals surface area contributed by atoms with E-state index in [1.54, 1.807) is 12.1 Å². The van der Waals surface area contributed by atoms with Crippen molar-refractivity contribution in [2.75, 3.05) is 5.32 Å². The summed E-state index contributed by atoms with van der Waals surface area (Å²) in [6.07, 6.45) is 1.32. The highest BCUT2D eigenvalue weighted by Gasteiger charge is 2.07. The highest BCUT2D eigenvalue weighted by molar-refractivity contribution is 6.30. The third-order valence-corrected chi connectivity index (χ3v) is 3.50. The number of hydrogen-bond acceptors (Lipinski definition) is 4. The molecule has 0 bridgehead atoms. The summed E-state index contributed by atoms with van der Waals surface area (Å²) in [5.41, 5.74) is 4.41. The SMILES string of the molecule is Cc1cccc(NC(=O)CCC(=O)N/N=C\c2cc(Cl)ccc2O)c1. The fourth-order valence-electron chi connectivity index (χ4n) is 2.03. The Hall–Kier alpha value is -2.86. The monoisotopic (exact) mass is 359 g/mol. The Labute approximate surface area is 150 Å². The first kappa shape index (κ1) is 18.5. The molecule has 0 spiro atoms. The third-order valence-electron chi connectivity index (χ3n) is 3.26. The van der Waals surface area contributed by atoms with Crippen molar-refractivity contribution in [1.29, 1.82) is 0 Å². The molecule has 0 unspecified atom stereocenters. The number of benzene rings is 2. The van der Waals surface area contributed by atoms with Crippen molar-refractivity contribution in [2.45, 2.75) is 19.8 Å². The molecular formula is C18H18ClN3O3. The Kier molecular flexibility index (Phi) is 6.54. The summed E-state index contributed by atoms with van der Waals surface area (Å²) in [6.45, 7) is 1.93. The second-order valence-electron chi connectivity index (χ2n) is 5.41. The number of nitrogens with zero attached hydrogens (tertiary/aromatic N) is 1. The van der Waals surface area contributed by atoms with Crippen LogP contribution in [0.25, 0.3) is 0 Å². The Balaban J connectivity index is 1.77. The zero-order valence-corrected chi connectivity index (χ0v) is 14.4. The second kappa shape index (κ2) is 8.84. The average Bonchev–Trinajstić information content (AvgIpc) is 2.56. The lowest BCUT2D eigenvalue weighted by Crippen LogP contribution is -2.20. The minimum Gasteiger partial charge on any atom is -0.507 e. The average molecular weight is 360 g/mol. The molecule has 0 aromatic heterocycles. The van der Waals surface area contributed by atoms with Gasteiger partial charge in [0, 0.05) is 29.1 Å². The van der Waals surface area contributed by atoms with Gasteiger partial charge in [-0.3, -0.25) is 9.59 Å². The number of anilines is 1. The van der Waals surface area contributed by atoms with Crippen LogP contribution in [0.3, 0.4) is 0 Å². The smallest absolute Gasteiger partial charge is 0.240 e. The molecule has 7 heteroatoms. The van der Waals surface area contributed by atoms with Gasteiger partial charge in [-0.1, -0.05) is 23.7 Å². The molecule has 130 valence electrons. The molecule has 0 aliphatic heterocycles. The van der Waals surface area contributed by atoms with Gasteiger partial charge in [-0.05, 0) is 42.8 Å². The first-order chi connectivity index (χ1) is 11.9. The number of rotatable bonds is 6. The molecule has 3 N–H and O–H groups in total. The minimum atomic E-state index is -0.405. The fourth-order valence-corrected chi connectivity index (χ4v) is 2.21. The molecule has 0 heterocycles. The van der Waals surface area contributed by atoms with E-state index in [0.29, 0.717) is 16.3 Å². The number of phenols is 1. The number of hydrazone groups is 1. The van der Waals surface area contributed by atoms with Crippen LogP contribution >= 0.6 is 11.6 Å². The number of amides is 2. The maximum absolute atomic E-state index is 11.8. The van der Waals surface area contributed by atoms with Crippen molar-refractivity contribution >= 4 is 35.3 Å². The van der Waals surface area contributed by atoms with Gasteiger partial charge in [-0.2, -0.15) is 5.10 Å². The van der Waals surface area contributed by atoms with Crippen LogP contribution in [0.2, 0.25) is 5.02 Å². The first-order valence-corrected chi connectivity index (χ1v) is 7.99. The molecule has 2 aromatic rings. The van der Waals surface area contributed by atoms with Gasteiger partial charge in [0.1, 0.15) is 5.75 Å². The van der Waals surface area contributed by atoms with Gasteiger partial charge >= 0.3 is 0 Å². The number of carbonyl (C=O) groups is 2. The summed E-state index contributed by atoms with van der Waals surface area (Å²) >= 11 is 5.81. The molecule has 0 radical (unpaired) electrons. The standard InChI is InChI=1S/C18H18ClN3O3/c1-12-3-2-4-15(9-12)21-17(24)7-8-18(25)22-20-11-13-10-14(19)5-6-16(13)23/h2-6,9-11,23H,7-8H2,1H3,(H,21,24)(H,22,25)/b20-11-. The lowest BCUT2D eigenvalue weighted by molar-refractivity contribution is -0.124. The van der Waals surface area contributed by atoms with Crippen molar-refractivity contribution in [2.24, 2.45) is 5.10 Å². The molecule has 6 nitrogen and oxygen atoms in total. The number of halogens is 1. The maximum atomic E-state index is 11.8. The van der Waals surface area contributed by atoms with Crippen LogP contribution in [-0.2, 0) is 9.59 Å². The van der Waals surface area contributed by atoms with E-state index in [4.69, 9.17) is 11.6 Å². The summed E-state index contributed by atoms with van der Waals surface area (Å²) in [4.78, 5) is 23.5. The lowest BCUT2D eigenvalue weighted by atomic mass is 10.2. The highest BCUT2D eigenvalue weighted by atomic mass is 35.5. The molecule has 0 aliphatic carbocycles. The number of hydrogen-bond donors (Lipinski definition) is 3. The van der Waals surface area contributed by atoms with Crippen molar-refractivity contribution in [3.05, 3.63) is 58.6 Å². The van der Waals surface area contributed by atoms with Gasteiger partial charge in [0.15, 0.2) is 0 Å². The number of nitrogens with one attached hydrogen (secondary N) is 2. The van der Waals surface area contributed by atoms with E-state index >= 15 is 0 Å². The van der Waals surface area contributed by atoms with Gasteiger partial charge in [-0.25, -0.2) is 5.43 Å².